The molecule has 0 saturated carbocycles. The van der Waals surface area contributed by atoms with Gasteiger partial charge in [0.15, 0.2) is 10.4 Å². The van der Waals surface area contributed by atoms with Crippen LogP contribution in [0.25, 0.3) is 11.3 Å². The second-order valence-electron chi connectivity index (χ2n) is 2.98. The molecule has 2 aromatic heterocycles. The summed E-state index contributed by atoms with van der Waals surface area (Å²) in [5, 5.41) is 11.0. The number of hydrogen-bond donors (Lipinski definition) is 1. The Morgan fingerprint density at radius 1 is 1.44 bits per heavy atom. The van der Waals surface area contributed by atoms with Crippen LogP contribution in [0.15, 0.2) is 38.7 Å². The van der Waals surface area contributed by atoms with Crippen molar-refractivity contribution in [1.29, 1.82) is 5.26 Å². The van der Waals surface area contributed by atoms with Crippen molar-refractivity contribution in [2.45, 2.75) is 0 Å². The summed E-state index contributed by atoms with van der Waals surface area (Å²) in [5.74, 6) is 0.497. The van der Waals surface area contributed by atoms with Gasteiger partial charge in [0.1, 0.15) is 6.07 Å². The number of nitrogens with two attached hydrogens (primary N) is 1. The predicted octanol–water partition coefficient (Wildman–Crippen LogP) is 3.45. The first-order valence-electron chi connectivity index (χ1n) is 4.42. The lowest BCUT2D eigenvalue weighted by molar-refractivity contribution is 0.527. The molecule has 2 aromatic rings. The van der Waals surface area contributed by atoms with Crippen LogP contribution in [0.5, 0.6) is 0 Å². The first kappa shape index (κ1) is 11.0. The van der Waals surface area contributed by atoms with Crippen molar-refractivity contribution >= 4 is 38.5 Å². The number of furan rings is 1. The minimum absolute atomic E-state index is 0.357. The van der Waals surface area contributed by atoms with Crippen LogP contribution in [0.1, 0.15) is 10.6 Å². The quantitative estimate of drug-likeness (QED) is 0.863. The Morgan fingerprint density at radius 3 is 2.75 bits per heavy atom. The molecule has 0 unspecified atom stereocenters. The van der Waals surface area contributed by atoms with Gasteiger partial charge in [-0.15, -0.1) is 11.3 Å². The number of nitriles is 1. The molecular weight excluding hydrogens is 288 g/mol. The highest BCUT2D eigenvalue weighted by atomic mass is 79.9. The molecule has 0 bridgehead atoms. The van der Waals surface area contributed by atoms with Crippen LogP contribution in [0, 0.1) is 11.3 Å². The molecular formula is C11H7BrN2OS. The zero-order valence-corrected chi connectivity index (χ0v) is 10.5. The van der Waals surface area contributed by atoms with Gasteiger partial charge >= 0.3 is 0 Å². The van der Waals surface area contributed by atoms with Crippen molar-refractivity contribution in [2.75, 3.05) is 0 Å². The number of halogens is 1. The van der Waals surface area contributed by atoms with Gasteiger partial charge in [0.05, 0.1) is 11.3 Å². The summed E-state index contributed by atoms with van der Waals surface area (Å²) >= 11 is 4.67. The van der Waals surface area contributed by atoms with Gasteiger partial charge in [-0.1, -0.05) is 6.07 Å². The molecule has 3 nitrogen and oxygen atoms in total. The average Bonchev–Trinajstić information content (AvgIpc) is 2.90. The topological polar surface area (TPSA) is 63.0 Å². The maximum atomic E-state index is 9.10. The monoisotopic (exact) mass is 294 g/mol. The standard InChI is InChI=1S/C11H7BrN2OS/c12-10-4-3-8(15-10)11(14)7(6-13)9-2-1-5-16-9/h1-5H,14H2/b11-7-. The summed E-state index contributed by atoms with van der Waals surface area (Å²) in [6.07, 6.45) is 0. The van der Waals surface area contributed by atoms with Crippen LogP contribution in [0.3, 0.4) is 0 Å². The molecule has 0 radical (unpaired) electrons. The van der Waals surface area contributed by atoms with Crippen LogP contribution in [0.4, 0.5) is 0 Å². The SMILES string of the molecule is N#C/C(=C(/N)c1ccc(Br)o1)c1cccs1. The molecule has 0 amide bonds. The van der Waals surface area contributed by atoms with Crippen molar-refractivity contribution in [1.82, 2.24) is 0 Å². The Balaban J connectivity index is 2.51. The van der Waals surface area contributed by atoms with E-state index in [1.165, 1.54) is 11.3 Å². The molecule has 0 fully saturated rings. The lowest BCUT2D eigenvalue weighted by atomic mass is 10.1. The molecule has 0 aliphatic heterocycles. The molecule has 2 rings (SSSR count). The smallest absolute Gasteiger partial charge is 0.169 e. The van der Waals surface area contributed by atoms with Crippen LogP contribution in [-0.4, -0.2) is 0 Å². The minimum atomic E-state index is 0.357. The maximum Gasteiger partial charge on any atom is 0.169 e. The fourth-order valence-electron chi connectivity index (χ4n) is 1.25. The fourth-order valence-corrected chi connectivity index (χ4v) is 2.29. The second kappa shape index (κ2) is 4.56. The lowest BCUT2D eigenvalue weighted by Gasteiger charge is -2.00. The molecule has 16 heavy (non-hydrogen) atoms. The normalized spacial score (nSPS) is 12.0. The highest BCUT2D eigenvalue weighted by Gasteiger charge is 2.12. The molecule has 2 N–H and O–H groups in total. The van der Waals surface area contributed by atoms with E-state index in [1.54, 1.807) is 12.1 Å². The highest BCUT2D eigenvalue weighted by Crippen LogP contribution is 2.27. The molecule has 2 heterocycles. The third kappa shape index (κ3) is 2.03. The summed E-state index contributed by atoms with van der Waals surface area (Å²) in [4.78, 5) is 0.840. The summed E-state index contributed by atoms with van der Waals surface area (Å²) < 4.78 is 5.91. The number of nitrogens with zero attached hydrogens (tertiary/aromatic N) is 1. The van der Waals surface area contributed by atoms with Crippen molar-refractivity contribution < 1.29 is 4.42 Å². The van der Waals surface area contributed by atoms with Gasteiger partial charge in [0, 0.05) is 4.88 Å². The summed E-state index contributed by atoms with van der Waals surface area (Å²) in [5.41, 5.74) is 6.70. The molecule has 0 aliphatic rings. The van der Waals surface area contributed by atoms with E-state index < -0.39 is 0 Å². The number of allylic oxidation sites excluding steroid dienone is 1. The third-order valence-electron chi connectivity index (χ3n) is 1.99. The van der Waals surface area contributed by atoms with Gasteiger partial charge in [-0.25, -0.2) is 0 Å². The van der Waals surface area contributed by atoms with E-state index in [2.05, 4.69) is 22.0 Å². The minimum Gasteiger partial charge on any atom is -0.448 e. The van der Waals surface area contributed by atoms with E-state index in [0.717, 1.165) is 4.88 Å². The maximum absolute atomic E-state index is 9.10. The first-order valence-corrected chi connectivity index (χ1v) is 6.09. The van der Waals surface area contributed by atoms with E-state index in [1.807, 2.05) is 17.5 Å². The molecule has 0 aromatic carbocycles. The zero-order chi connectivity index (χ0) is 11.5. The van der Waals surface area contributed by atoms with Gasteiger partial charge in [-0.05, 0) is 39.5 Å². The van der Waals surface area contributed by atoms with Crippen LogP contribution in [-0.2, 0) is 0 Å². The molecule has 80 valence electrons. The van der Waals surface area contributed by atoms with Crippen molar-refractivity contribution in [2.24, 2.45) is 5.73 Å². The molecule has 0 aliphatic carbocycles. The van der Waals surface area contributed by atoms with E-state index >= 15 is 0 Å². The van der Waals surface area contributed by atoms with Gasteiger partial charge in [-0.2, -0.15) is 5.26 Å². The Kier molecular flexibility index (Phi) is 3.13. The molecule has 0 saturated heterocycles. The highest BCUT2D eigenvalue weighted by molar-refractivity contribution is 9.10. The van der Waals surface area contributed by atoms with Gasteiger partial charge in [0.2, 0.25) is 0 Å². The van der Waals surface area contributed by atoms with Crippen molar-refractivity contribution in [3.8, 4) is 6.07 Å². The van der Waals surface area contributed by atoms with E-state index in [0.29, 0.717) is 21.7 Å². The van der Waals surface area contributed by atoms with Crippen molar-refractivity contribution in [3.63, 3.8) is 0 Å². The van der Waals surface area contributed by atoms with Crippen LogP contribution in [0.2, 0.25) is 0 Å². The molecule has 0 atom stereocenters. The zero-order valence-electron chi connectivity index (χ0n) is 8.11. The third-order valence-corrected chi connectivity index (χ3v) is 3.30. The summed E-state index contributed by atoms with van der Waals surface area (Å²) in [7, 11) is 0. The number of hydrogen-bond acceptors (Lipinski definition) is 4. The Hall–Kier alpha value is -1.51. The first-order chi connectivity index (χ1) is 7.72. The predicted molar refractivity (Wildman–Crippen MR) is 67.3 cm³/mol. The summed E-state index contributed by atoms with van der Waals surface area (Å²) in [6.45, 7) is 0. The van der Waals surface area contributed by atoms with Gasteiger partial charge in [-0.3, -0.25) is 0 Å². The Morgan fingerprint density at radius 2 is 2.25 bits per heavy atom. The van der Waals surface area contributed by atoms with Gasteiger partial charge < -0.3 is 10.2 Å². The molecule has 0 spiro atoms. The fraction of sp³-hybridized carbons (Fsp3) is 0. The Bertz CT molecular complexity index is 563. The largest absolute Gasteiger partial charge is 0.448 e. The van der Waals surface area contributed by atoms with Gasteiger partial charge in [0.25, 0.3) is 0 Å². The van der Waals surface area contributed by atoms with E-state index in [9.17, 15) is 0 Å². The molecule has 5 heteroatoms. The average molecular weight is 295 g/mol. The van der Waals surface area contributed by atoms with Crippen molar-refractivity contribution in [3.05, 3.63) is 45.0 Å². The second-order valence-corrected chi connectivity index (χ2v) is 4.71. The van der Waals surface area contributed by atoms with E-state index in [-0.39, 0.29) is 0 Å². The van der Waals surface area contributed by atoms with E-state index in [4.69, 9.17) is 15.4 Å². The number of thiophene rings is 1. The Labute approximate surface area is 105 Å². The summed E-state index contributed by atoms with van der Waals surface area (Å²) in [6, 6.07) is 9.30. The van der Waals surface area contributed by atoms with Crippen LogP contribution < -0.4 is 5.73 Å². The number of rotatable bonds is 2. The van der Waals surface area contributed by atoms with Crippen LogP contribution >= 0.6 is 27.3 Å². The lowest BCUT2D eigenvalue weighted by Crippen LogP contribution is -1.98.